The third-order valence-corrected chi connectivity index (χ3v) is 6.04. The lowest BCUT2D eigenvalue weighted by Gasteiger charge is -2.23. The van der Waals surface area contributed by atoms with Crippen LogP contribution < -0.4 is 26.7 Å². The number of benzene rings is 1. The molecule has 1 aromatic carbocycles. The van der Waals surface area contributed by atoms with Crippen molar-refractivity contribution in [2.24, 2.45) is 17.6 Å². The Morgan fingerprint density at radius 2 is 1.77 bits per heavy atom. The molecule has 1 aromatic heterocycles. The summed E-state index contributed by atoms with van der Waals surface area (Å²) < 4.78 is 53.4. The van der Waals surface area contributed by atoms with Gasteiger partial charge in [0, 0.05) is 25.2 Å². The molecule has 3 atom stereocenters. The lowest BCUT2D eigenvalue weighted by Crippen LogP contribution is -2.48. The summed E-state index contributed by atoms with van der Waals surface area (Å²) in [4.78, 5) is 42.3. The molecule has 5 rings (SSSR count). The first-order valence-electron chi connectivity index (χ1n) is 9.38. The molecule has 2 aliphatic carbocycles. The van der Waals surface area contributed by atoms with Gasteiger partial charge < -0.3 is 15.5 Å². The molecule has 160 valence electrons. The lowest BCUT2D eigenvalue weighted by atomic mass is 10.2. The van der Waals surface area contributed by atoms with E-state index < -0.39 is 29.2 Å². The van der Waals surface area contributed by atoms with E-state index in [2.05, 4.69) is 4.84 Å². The van der Waals surface area contributed by atoms with Crippen molar-refractivity contribution in [1.29, 1.82) is 0 Å². The van der Waals surface area contributed by atoms with Crippen molar-refractivity contribution < 1.29 is 27.2 Å². The quantitative estimate of drug-likeness (QED) is 0.717. The van der Waals surface area contributed by atoms with E-state index in [0.29, 0.717) is 25.9 Å². The number of rotatable bonds is 3. The molecule has 1 aliphatic heterocycles. The molecule has 2 heterocycles. The standard InChI is InChI=1S/C18H16F4N4O4/c19-11-3-8-12(4-13(11)24-5-9-10(6-24)14(9)23)25(7-1-2-7)17(29)26(15(8)27)30-16(28)18(20,21)22/h3-4,7,9-10,14H,1-2,5-6,23H2/t9-,10?,14+/m1/s1. The minimum absolute atomic E-state index is 0.0879. The smallest absolute Gasteiger partial charge is 0.368 e. The summed E-state index contributed by atoms with van der Waals surface area (Å²) in [5.41, 5.74) is 3.65. The topological polar surface area (TPSA) is 99.6 Å². The Balaban J connectivity index is 1.65. The van der Waals surface area contributed by atoms with Gasteiger partial charge in [-0.15, -0.1) is 0 Å². The zero-order chi connectivity index (χ0) is 21.5. The van der Waals surface area contributed by atoms with Gasteiger partial charge in [-0.2, -0.15) is 13.2 Å². The number of nitrogens with zero attached hydrogens (tertiary/aromatic N) is 3. The second-order valence-electron chi connectivity index (χ2n) is 7.99. The maximum absolute atomic E-state index is 14.8. The Hall–Kier alpha value is -2.89. The molecule has 0 bridgehead atoms. The monoisotopic (exact) mass is 428 g/mol. The fourth-order valence-electron chi connectivity index (χ4n) is 4.23. The number of carbonyl (C=O) groups excluding carboxylic acids is 1. The average Bonchev–Trinajstić information content (AvgIpc) is 3.55. The molecule has 2 aromatic rings. The molecule has 0 spiro atoms. The van der Waals surface area contributed by atoms with Gasteiger partial charge in [0.1, 0.15) is 5.82 Å². The summed E-state index contributed by atoms with van der Waals surface area (Å²) >= 11 is 0. The number of halogens is 4. The number of hydrogen-bond donors (Lipinski definition) is 1. The number of piperidine rings is 1. The molecule has 1 saturated heterocycles. The van der Waals surface area contributed by atoms with E-state index in [0.717, 1.165) is 10.6 Å². The Kier molecular flexibility index (Phi) is 3.86. The summed E-state index contributed by atoms with van der Waals surface area (Å²) in [6.45, 7) is 1.09. The zero-order valence-corrected chi connectivity index (χ0v) is 15.4. The van der Waals surface area contributed by atoms with Crippen LogP contribution in [-0.4, -0.2) is 40.6 Å². The molecule has 2 saturated carbocycles. The van der Waals surface area contributed by atoms with Crippen molar-refractivity contribution in [3.8, 4) is 0 Å². The van der Waals surface area contributed by atoms with Gasteiger partial charge in [-0.25, -0.2) is 14.0 Å². The van der Waals surface area contributed by atoms with Crippen LogP contribution in [0.4, 0.5) is 23.2 Å². The summed E-state index contributed by atoms with van der Waals surface area (Å²) in [5, 5.41) is -0.348. The number of nitrogens with two attached hydrogens (primary N) is 1. The van der Waals surface area contributed by atoms with E-state index in [1.54, 1.807) is 4.90 Å². The van der Waals surface area contributed by atoms with Crippen molar-refractivity contribution >= 4 is 22.6 Å². The predicted octanol–water partition coefficient (Wildman–Crippen LogP) is 0.548. The van der Waals surface area contributed by atoms with Crippen LogP contribution in [0.2, 0.25) is 0 Å². The molecule has 0 radical (unpaired) electrons. The molecule has 0 amide bonds. The van der Waals surface area contributed by atoms with Crippen LogP contribution >= 0.6 is 0 Å². The van der Waals surface area contributed by atoms with Gasteiger partial charge in [0.05, 0.1) is 16.6 Å². The first-order valence-corrected chi connectivity index (χ1v) is 9.38. The van der Waals surface area contributed by atoms with Gasteiger partial charge in [0.2, 0.25) is 0 Å². The number of alkyl halides is 3. The van der Waals surface area contributed by atoms with E-state index in [4.69, 9.17) is 5.73 Å². The molecular formula is C18H16F4N4O4. The van der Waals surface area contributed by atoms with Gasteiger partial charge in [-0.05, 0) is 36.8 Å². The predicted molar refractivity (Wildman–Crippen MR) is 95.5 cm³/mol. The molecule has 12 heteroatoms. The highest BCUT2D eigenvalue weighted by atomic mass is 19.4. The maximum Gasteiger partial charge on any atom is 0.493 e. The fourth-order valence-corrected chi connectivity index (χ4v) is 4.23. The minimum Gasteiger partial charge on any atom is -0.368 e. The van der Waals surface area contributed by atoms with Crippen LogP contribution in [0.1, 0.15) is 18.9 Å². The summed E-state index contributed by atoms with van der Waals surface area (Å²) in [5.74, 6) is -2.95. The second-order valence-corrected chi connectivity index (χ2v) is 7.99. The SMILES string of the molecule is N[C@@H]1C2CN(c3cc4c(cc3F)c(=O)n(OC(=O)C(F)(F)F)c(=O)n4C3CC3)C[C@H]21. The zero-order valence-electron chi connectivity index (χ0n) is 15.4. The Labute approximate surface area is 165 Å². The first-order chi connectivity index (χ1) is 14.1. The Morgan fingerprint density at radius 3 is 2.33 bits per heavy atom. The van der Waals surface area contributed by atoms with Gasteiger partial charge in [0.15, 0.2) is 0 Å². The maximum atomic E-state index is 14.8. The van der Waals surface area contributed by atoms with E-state index in [1.165, 1.54) is 6.07 Å². The highest BCUT2D eigenvalue weighted by molar-refractivity contribution is 5.83. The summed E-state index contributed by atoms with van der Waals surface area (Å²) in [6.07, 6.45) is -4.30. The van der Waals surface area contributed by atoms with Crippen molar-refractivity contribution in [1.82, 2.24) is 9.30 Å². The van der Waals surface area contributed by atoms with Crippen LogP contribution in [0, 0.1) is 17.7 Å². The number of carbonyl (C=O) groups is 1. The van der Waals surface area contributed by atoms with Crippen LogP contribution in [0.5, 0.6) is 0 Å². The van der Waals surface area contributed by atoms with Crippen LogP contribution in [0.3, 0.4) is 0 Å². The van der Waals surface area contributed by atoms with Gasteiger partial charge in [0.25, 0.3) is 5.56 Å². The third kappa shape index (κ3) is 2.81. The second kappa shape index (κ2) is 6.06. The highest BCUT2D eigenvalue weighted by Crippen LogP contribution is 2.46. The lowest BCUT2D eigenvalue weighted by molar-refractivity contribution is -0.200. The van der Waals surface area contributed by atoms with Crippen molar-refractivity contribution in [2.45, 2.75) is 31.1 Å². The number of fused-ring (bicyclic) bond motifs is 2. The van der Waals surface area contributed by atoms with E-state index in [1.807, 2.05) is 0 Å². The number of aromatic nitrogens is 2. The van der Waals surface area contributed by atoms with Gasteiger partial charge in [-0.3, -0.25) is 9.36 Å². The van der Waals surface area contributed by atoms with Crippen molar-refractivity contribution in [2.75, 3.05) is 18.0 Å². The first kappa shape index (κ1) is 19.1. The van der Waals surface area contributed by atoms with Crippen LogP contribution in [0.15, 0.2) is 21.7 Å². The fraction of sp³-hybridized carbons (Fsp3) is 0.500. The molecule has 1 unspecified atom stereocenters. The molecule has 3 aliphatic rings. The number of hydrogen-bond acceptors (Lipinski definition) is 6. The van der Waals surface area contributed by atoms with E-state index >= 15 is 0 Å². The molecular weight excluding hydrogens is 412 g/mol. The van der Waals surface area contributed by atoms with Crippen molar-refractivity contribution in [3.63, 3.8) is 0 Å². The summed E-state index contributed by atoms with van der Waals surface area (Å²) in [6, 6.07) is 1.94. The minimum atomic E-state index is -5.40. The van der Waals surface area contributed by atoms with Crippen LogP contribution in [0.25, 0.3) is 10.9 Å². The Bertz CT molecular complexity index is 1190. The van der Waals surface area contributed by atoms with Gasteiger partial charge in [-0.1, -0.05) is 4.73 Å². The average molecular weight is 428 g/mol. The summed E-state index contributed by atoms with van der Waals surface area (Å²) in [7, 11) is 0. The molecule has 8 nitrogen and oxygen atoms in total. The van der Waals surface area contributed by atoms with Crippen molar-refractivity contribution in [3.05, 3.63) is 38.8 Å². The molecule has 3 fully saturated rings. The van der Waals surface area contributed by atoms with Crippen LogP contribution in [-0.2, 0) is 4.79 Å². The third-order valence-electron chi connectivity index (χ3n) is 6.04. The van der Waals surface area contributed by atoms with Gasteiger partial charge >= 0.3 is 17.8 Å². The Morgan fingerprint density at radius 1 is 1.13 bits per heavy atom. The molecule has 2 N–H and O–H groups in total. The highest BCUT2D eigenvalue weighted by Gasteiger charge is 2.54. The number of anilines is 1. The molecule has 30 heavy (non-hydrogen) atoms. The van der Waals surface area contributed by atoms with E-state index in [9.17, 15) is 31.9 Å². The van der Waals surface area contributed by atoms with E-state index in [-0.39, 0.29) is 45.2 Å². The largest absolute Gasteiger partial charge is 0.493 e. The normalized spacial score (nSPS) is 25.5.